The summed E-state index contributed by atoms with van der Waals surface area (Å²) < 4.78 is 0. The first-order chi connectivity index (χ1) is 13.6. The second kappa shape index (κ2) is 9.32. The van der Waals surface area contributed by atoms with Crippen LogP contribution in [0.25, 0.3) is 0 Å². The average Bonchev–Trinajstić information content (AvgIpc) is 2.68. The van der Waals surface area contributed by atoms with E-state index in [1.807, 2.05) is 19.9 Å². The fourth-order valence-corrected chi connectivity index (χ4v) is 3.44. The summed E-state index contributed by atoms with van der Waals surface area (Å²) in [5, 5.41) is 11.2. The number of anilines is 1. The number of benzene rings is 2. The minimum Gasteiger partial charge on any atom is -0.478 e. The van der Waals surface area contributed by atoms with Crippen molar-refractivity contribution in [1.29, 1.82) is 0 Å². The van der Waals surface area contributed by atoms with E-state index in [1.54, 1.807) is 18.2 Å². The molecule has 0 aliphatic rings. The van der Waals surface area contributed by atoms with Gasteiger partial charge in [-0.15, -0.1) is 0 Å². The van der Waals surface area contributed by atoms with Crippen LogP contribution in [0.3, 0.4) is 0 Å². The van der Waals surface area contributed by atoms with Crippen molar-refractivity contribution >= 4 is 23.3 Å². The molecule has 5 nitrogen and oxygen atoms in total. The van der Waals surface area contributed by atoms with Gasteiger partial charge in [0, 0.05) is 29.8 Å². The summed E-state index contributed by atoms with van der Waals surface area (Å²) in [6, 6.07) is 7.22. The summed E-state index contributed by atoms with van der Waals surface area (Å²) in [6.45, 7) is 10.2. The first kappa shape index (κ1) is 22.1. The smallest absolute Gasteiger partial charge is 0.328 e. The Morgan fingerprint density at radius 2 is 1.48 bits per heavy atom. The number of carboxylic acids is 1. The van der Waals surface area contributed by atoms with E-state index in [0.29, 0.717) is 18.5 Å². The molecule has 0 aliphatic carbocycles. The Morgan fingerprint density at radius 1 is 0.897 bits per heavy atom. The molecule has 0 aliphatic heterocycles. The van der Waals surface area contributed by atoms with Crippen LogP contribution in [-0.4, -0.2) is 22.8 Å². The predicted molar refractivity (Wildman–Crippen MR) is 115 cm³/mol. The Hall–Kier alpha value is -3.21. The van der Waals surface area contributed by atoms with Crippen LogP contribution in [0.1, 0.15) is 50.2 Å². The van der Waals surface area contributed by atoms with Gasteiger partial charge in [0.2, 0.25) is 5.91 Å². The number of aliphatic carboxylic acids is 1. The zero-order valence-electron chi connectivity index (χ0n) is 17.6. The van der Waals surface area contributed by atoms with Crippen molar-refractivity contribution in [2.45, 2.75) is 47.5 Å². The molecular weight excluding hydrogens is 366 g/mol. The maximum atomic E-state index is 13.0. The van der Waals surface area contributed by atoms with Gasteiger partial charge in [0.15, 0.2) is 5.78 Å². The molecule has 0 heterocycles. The highest BCUT2D eigenvalue weighted by Gasteiger charge is 2.18. The quantitative estimate of drug-likeness (QED) is 0.531. The van der Waals surface area contributed by atoms with Crippen molar-refractivity contribution in [3.8, 4) is 0 Å². The van der Waals surface area contributed by atoms with Crippen LogP contribution in [-0.2, 0) is 16.0 Å². The number of hydrogen-bond acceptors (Lipinski definition) is 3. The van der Waals surface area contributed by atoms with Gasteiger partial charge in [-0.25, -0.2) is 4.79 Å². The Balaban J connectivity index is 2.12. The molecular formula is C24H27NO4. The lowest BCUT2D eigenvalue weighted by molar-refractivity contribution is -0.131. The van der Waals surface area contributed by atoms with Crippen LogP contribution < -0.4 is 5.32 Å². The van der Waals surface area contributed by atoms with Crippen molar-refractivity contribution in [3.05, 3.63) is 75.4 Å². The van der Waals surface area contributed by atoms with E-state index in [0.717, 1.165) is 45.5 Å². The molecule has 2 aromatic carbocycles. The molecule has 0 saturated heterocycles. The van der Waals surface area contributed by atoms with E-state index < -0.39 is 11.9 Å². The van der Waals surface area contributed by atoms with E-state index in [4.69, 9.17) is 5.11 Å². The van der Waals surface area contributed by atoms with E-state index in [1.165, 1.54) is 5.56 Å². The van der Waals surface area contributed by atoms with Crippen LogP contribution in [0.2, 0.25) is 0 Å². The highest BCUT2D eigenvalue weighted by atomic mass is 16.4. The summed E-state index contributed by atoms with van der Waals surface area (Å²) in [5.74, 6) is -1.58. The summed E-state index contributed by atoms with van der Waals surface area (Å²) >= 11 is 0. The predicted octanol–water partition coefficient (Wildman–Crippen LogP) is 4.62. The topological polar surface area (TPSA) is 83.5 Å². The molecule has 0 saturated carbocycles. The standard InChI is InChI=1S/C24H27NO4/c1-14-15(2)17(4)24(18(5)16(14)3)21(26)10-9-19-7-6-8-20(13-19)25-22(27)11-12-23(28)29/h6-8,11-13H,9-10H2,1-5H3,(H,25,27)(H,28,29). The van der Waals surface area contributed by atoms with Crippen LogP contribution in [0.15, 0.2) is 36.4 Å². The van der Waals surface area contributed by atoms with E-state index >= 15 is 0 Å². The minimum absolute atomic E-state index is 0.116. The van der Waals surface area contributed by atoms with Crippen LogP contribution in [0, 0.1) is 34.6 Å². The molecule has 0 unspecified atom stereocenters. The molecule has 5 heteroatoms. The van der Waals surface area contributed by atoms with Crippen LogP contribution in [0.5, 0.6) is 0 Å². The Kier molecular flexibility index (Phi) is 7.10. The first-order valence-electron chi connectivity index (χ1n) is 9.53. The monoisotopic (exact) mass is 393 g/mol. The summed E-state index contributed by atoms with van der Waals surface area (Å²) in [7, 11) is 0. The number of amides is 1. The van der Waals surface area contributed by atoms with Gasteiger partial charge in [0.05, 0.1) is 0 Å². The third-order valence-electron chi connectivity index (χ3n) is 5.49. The van der Waals surface area contributed by atoms with E-state index in [9.17, 15) is 14.4 Å². The van der Waals surface area contributed by atoms with Gasteiger partial charge >= 0.3 is 5.97 Å². The fraction of sp³-hybridized carbons (Fsp3) is 0.292. The summed E-state index contributed by atoms with van der Waals surface area (Å²) in [6.07, 6.45) is 2.68. The SMILES string of the molecule is Cc1c(C)c(C)c(C(=O)CCc2cccc(NC(=O)C=CC(=O)O)c2)c(C)c1C. The Bertz CT molecular complexity index is 973. The average molecular weight is 393 g/mol. The molecule has 152 valence electrons. The van der Waals surface area contributed by atoms with Crippen molar-refractivity contribution in [3.63, 3.8) is 0 Å². The molecule has 1 amide bonds. The number of carboxylic acid groups (broad SMARTS) is 1. The highest BCUT2D eigenvalue weighted by Crippen LogP contribution is 2.27. The summed E-state index contributed by atoms with van der Waals surface area (Å²) in [4.78, 5) is 35.2. The van der Waals surface area contributed by atoms with Gasteiger partial charge in [-0.1, -0.05) is 12.1 Å². The normalized spacial score (nSPS) is 10.9. The second-order valence-electron chi connectivity index (χ2n) is 7.28. The van der Waals surface area contributed by atoms with E-state index in [2.05, 4.69) is 26.1 Å². The first-order valence-corrected chi connectivity index (χ1v) is 9.53. The van der Waals surface area contributed by atoms with E-state index in [-0.39, 0.29) is 5.78 Å². The molecule has 0 radical (unpaired) electrons. The van der Waals surface area contributed by atoms with Crippen molar-refractivity contribution in [2.75, 3.05) is 5.32 Å². The molecule has 0 atom stereocenters. The van der Waals surface area contributed by atoms with Gasteiger partial charge in [-0.2, -0.15) is 0 Å². The van der Waals surface area contributed by atoms with Crippen molar-refractivity contribution in [2.24, 2.45) is 0 Å². The molecule has 0 bridgehead atoms. The van der Waals surface area contributed by atoms with Gasteiger partial charge in [0.25, 0.3) is 0 Å². The lowest BCUT2D eigenvalue weighted by Gasteiger charge is -2.18. The van der Waals surface area contributed by atoms with Crippen molar-refractivity contribution in [1.82, 2.24) is 0 Å². The van der Waals surface area contributed by atoms with Crippen molar-refractivity contribution < 1.29 is 19.5 Å². The number of rotatable bonds is 7. The molecule has 2 rings (SSSR count). The minimum atomic E-state index is -1.18. The molecule has 2 N–H and O–H groups in total. The number of aryl methyl sites for hydroxylation is 1. The number of ketones is 1. The van der Waals surface area contributed by atoms with Gasteiger partial charge in [0.1, 0.15) is 0 Å². The molecule has 29 heavy (non-hydrogen) atoms. The zero-order valence-corrected chi connectivity index (χ0v) is 17.6. The Labute approximate surface area is 171 Å². The van der Waals surface area contributed by atoms with Gasteiger partial charge in [-0.3, -0.25) is 9.59 Å². The third kappa shape index (κ3) is 5.41. The van der Waals surface area contributed by atoms with Gasteiger partial charge in [-0.05, 0) is 86.6 Å². The largest absolute Gasteiger partial charge is 0.478 e. The second-order valence-corrected chi connectivity index (χ2v) is 7.28. The van der Waals surface area contributed by atoms with Gasteiger partial charge < -0.3 is 10.4 Å². The molecule has 0 spiro atoms. The maximum Gasteiger partial charge on any atom is 0.328 e. The third-order valence-corrected chi connectivity index (χ3v) is 5.49. The number of nitrogens with one attached hydrogen (secondary N) is 1. The highest BCUT2D eigenvalue weighted by molar-refractivity contribution is 6.02. The number of Topliss-reactive ketones (excluding diaryl/α,β-unsaturated/α-hetero) is 1. The van der Waals surface area contributed by atoms with Crippen LogP contribution >= 0.6 is 0 Å². The lowest BCUT2D eigenvalue weighted by Crippen LogP contribution is -2.11. The van der Waals surface area contributed by atoms with Crippen LogP contribution in [0.4, 0.5) is 5.69 Å². The molecule has 2 aromatic rings. The number of carbonyl (C=O) groups is 3. The maximum absolute atomic E-state index is 13.0. The number of hydrogen-bond donors (Lipinski definition) is 2. The fourth-order valence-electron chi connectivity index (χ4n) is 3.44. The lowest BCUT2D eigenvalue weighted by atomic mass is 9.86. The summed E-state index contributed by atoms with van der Waals surface area (Å²) in [5.41, 5.74) is 7.94. The number of carbonyl (C=O) groups excluding carboxylic acids is 2. The molecule has 0 aromatic heterocycles. The Morgan fingerprint density at radius 3 is 2.07 bits per heavy atom. The molecule has 0 fully saturated rings. The zero-order chi connectivity index (χ0) is 21.7.